The van der Waals surface area contributed by atoms with Gasteiger partial charge in [-0.25, -0.2) is 4.98 Å². The van der Waals surface area contributed by atoms with E-state index < -0.39 is 0 Å². The molecule has 0 unspecified atom stereocenters. The molecule has 0 bridgehead atoms. The van der Waals surface area contributed by atoms with Crippen LogP contribution in [0.25, 0.3) is 0 Å². The predicted octanol–water partition coefficient (Wildman–Crippen LogP) is 2.54. The van der Waals surface area contributed by atoms with Crippen LogP contribution >= 0.6 is 11.6 Å². The first kappa shape index (κ1) is 16.0. The number of aliphatic hydroxyl groups excluding tert-OH is 1. The van der Waals surface area contributed by atoms with Crippen molar-refractivity contribution in [3.8, 4) is 0 Å². The number of pyridine rings is 1. The molecule has 1 aromatic heterocycles. The van der Waals surface area contributed by atoms with Crippen molar-refractivity contribution in [3.63, 3.8) is 0 Å². The number of hydrogen-bond acceptors (Lipinski definition) is 4. The summed E-state index contributed by atoms with van der Waals surface area (Å²) in [4.78, 5) is 18.8. The maximum Gasteiger partial charge on any atom is 0.255 e. The number of amides is 1. The van der Waals surface area contributed by atoms with Crippen molar-refractivity contribution in [2.45, 2.75) is 38.6 Å². The predicted molar refractivity (Wildman–Crippen MR) is 83.8 cm³/mol. The van der Waals surface area contributed by atoms with Crippen molar-refractivity contribution in [1.29, 1.82) is 0 Å². The minimum atomic E-state index is -0.0697. The van der Waals surface area contributed by atoms with Gasteiger partial charge in [-0.15, -0.1) is 0 Å². The highest BCUT2D eigenvalue weighted by molar-refractivity contribution is 6.33. The molecule has 116 valence electrons. The number of aromatic nitrogens is 1. The smallest absolute Gasteiger partial charge is 0.255 e. The zero-order chi connectivity index (χ0) is 15.2. The number of hydrogen-bond donors (Lipinski definition) is 2. The molecule has 0 radical (unpaired) electrons. The normalized spacial score (nSPS) is 14.6. The van der Waals surface area contributed by atoms with Crippen LogP contribution in [0.3, 0.4) is 0 Å². The van der Waals surface area contributed by atoms with Gasteiger partial charge in [0.2, 0.25) is 0 Å². The minimum absolute atomic E-state index is 0.0697. The van der Waals surface area contributed by atoms with Crippen LogP contribution in [0.1, 0.15) is 43.0 Å². The summed E-state index contributed by atoms with van der Waals surface area (Å²) in [6.45, 7) is 3.36. The number of nitrogens with zero attached hydrogens (tertiary/aromatic N) is 2. The second kappa shape index (κ2) is 7.61. The summed E-state index contributed by atoms with van der Waals surface area (Å²) in [6.07, 6.45) is 5.31. The third-order valence-corrected chi connectivity index (χ3v) is 4.08. The molecule has 1 saturated carbocycles. The summed E-state index contributed by atoms with van der Waals surface area (Å²) in [6, 6.07) is 1.98. The van der Waals surface area contributed by atoms with Gasteiger partial charge in [0.1, 0.15) is 5.82 Å². The van der Waals surface area contributed by atoms with Gasteiger partial charge in [0.05, 0.1) is 10.6 Å². The standard InChI is InChI=1S/C15H22ClN3O2/c1-2-17-14-9-12(13(16)10-18-14)15(21)19(7-4-8-20)11-5-3-6-11/h9-11,20H,2-8H2,1H3,(H,17,18). The van der Waals surface area contributed by atoms with Crippen LogP contribution < -0.4 is 5.32 Å². The van der Waals surface area contributed by atoms with E-state index in [2.05, 4.69) is 10.3 Å². The highest BCUT2D eigenvalue weighted by Crippen LogP contribution is 2.28. The maximum absolute atomic E-state index is 12.8. The van der Waals surface area contributed by atoms with Crippen LogP contribution in [0.2, 0.25) is 5.02 Å². The van der Waals surface area contributed by atoms with Crippen LogP contribution in [0.4, 0.5) is 5.82 Å². The fraction of sp³-hybridized carbons (Fsp3) is 0.600. The lowest BCUT2D eigenvalue weighted by Crippen LogP contribution is -2.45. The molecular weight excluding hydrogens is 290 g/mol. The van der Waals surface area contributed by atoms with Crippen molar-refractivity contribution < 1.29 is 9.90 Å². The second-order valence-corrected chi connectivity index (χ2v) is 5.65. The summed E-state index contributed by atoms with van der Waals surface area (Å²) >= 11 is 6.15. The molecule has 21 heavy (non-hydrogen) atoms. The average Bonchev–Trinajstić information content (AvgIpc) is 2.43. The molecule has 1 aliphatic rings. The van der Waals surface area contributed by atoms with Gasteiger partial charge < -0.3 is 15.3 Å². The van der Waals surface area contributed by atoms with Gasteiger partial charge in [0, 0.05) is 31.9 Å². The summed E-state index contributed by atoms with van der Waals surface area (Å²) in [7, 11) is 0. The third kappa shape index (κ3) is 3.86. The van der Waals surface area contributed by atoms with Crippen LogP contribution in [0, 0.1) is 0 Å². The van der Waals surface area contributed by atoms with Crippen molar-refractivity contribution in [3.05, 3.63) is 22.8 Å². The molecule has 0 aromatic carbocycles. The number of nitrogens with one attached hydrogen (secondary N) is 1. The Hall–Kier alpha value is -1.33. The van der Waals surface area contributed by atoms with E-state index in [4.69, 9.17) is 16.7 Å². The summed E-state index contributed by atoms with van der Waals surface area (Å²) in [5.74, 6) is 0.584. The van der Waals surface area contributed by atoms with Crippen LogP contribution in [-0.4, -0.2) is 46.6 Å². The van der Waals surface area contributed by atoms with Gasteiger partial charge in [-0.2, -0.15) is 0 Å². The Bertz CT molecular complexity index is 492. The van der Waals surface area contributed by atoms with Crippen LogP contribution in [0.15, 0.2) is 12.3 Å². The minimum Gasteiger partial charge on any atom is -0.396 e. The monoisotopic (exact) mass is 311 g/mol. The Morgan fingerprint density at radius 1 is 1.57 bits per heavy atom. The summed E-state index contributed by atoms with van der Waals surface area (Å²) < 4.78 is 0. The molecule has 1 amide bonds. The number of aliphatic hydroxyl groups is 1. The molecule has 2 N–H and O–H groups in total. The Morgan fingerprint density at radius 3 is 2.90 bits per heavy atom. The highest BCUT2D eigenvalue weighted by atomic mass is 35.5. The quantitative estimate of drug-likeness (QED) is 0.812. The number of anilines is 1. The van der Waals surface area contributed by atoms with Gasteiger partial charge in [0.25, 0.3) is 5.91 Å². The lowest BCUT2D eigenvalue weighted by molar-refractivity contribution is 0.0562. The number of carbonyl (C=O) groups is 1. The molecule has 1 heterocycles. The summed E-state index contributed by atoms with van der Waals surface area (Å²) in [5, 5.41) is 12.5. The maximum atomic E-state index is 12.8. The lowest BCUT2D eigenvalue weighted by atomic mass is 9.91. The average molecular weight is 312 g/mol. The van der Waals surface area contributed by atoms with Crippen LogP contribution in [-0.2, 0) is 0 Å². The van der Waals surface area contributed by atoms with Gasteiger partial charge in [-0.05, 0) is 38.7 Å². The molecule has 0 aliphatic heterocycles. The van der Waals surface area contributed by atoms with Gasteiger partial charge in [0.15, 0.2) is 0 Å². The van der Waals surface area contributed by atoms with Crippen molar-refractivity contribution in [1.82, 2.24) is 9.88 Å². The van der Waals surface area contributed by atoms with E-state index in [0.29, 0.717) is 29.4 Å². The number of rotatable bonds is 7. The summed E-state index contributed by atoms with van der Waals surface area (Å²) in [5.41, 5.74) is 0.479. The van der Waals surface area contributed by atoms with E-state index in [1.807, 2.05) is 11.8 Å². The van der Waals surface area contributed by atoms with E-state index in [-0.39, 0.29) is 18.6 Å². The van der Waals surface area contributed by atoms with E-state index in [1.54, 1.807) is 6.07 Å². The van der Waals surface area contributed by atoms with Crippen LogP contribution in [0.5, 0.6) is 0 Å². The molecule has 0 saturated heterocycles. The molecule has 1 aromatic rings. The molecule has 6 heteroatoms. The molecule has 0 spiro atoms. The highest BCUT2D eigenvalue weighted by Gasteiger charge is 2.30. The Kier molecular flexibility index (Phi) is 5.82. The zero-order valence-electron chi connectivity index (χ0n) is 12.3. The molecule has 5 nitrogen and oxygen atoms in total. The third-order valence-electron chi connectivity index (χ3n) is 3.78. The van der Waals surface area contributed by atoms with Gasteiger partial charge >= 0.3 is 0 Å². The molecule has 1 fully saturated rings. The first-order valence-electron chi connectivity index (χ1n) is 7.48. The largest absolute Gasteiger partial charge is 0.396 e. The van der Waals surface area contributed by atoms with Crippen molar-refractivity contribution in [2.24, 2.45) is 0 Å². The number of carbonyl (C=O) groups excluding carboxylic acids is 1. The SMILES string of the molecule is CCNc1cc(C(=O)N(CCCO)C2CCC2)c(Cl)cn1. The zero-order valence-corrected chi connectivity index (χ0v) is 13.1. The van der Waals surface area contributed by atoms with Gasteiger partial charge in [-0.3, -0.25) is 4.79 Å². The first-order chi connectivity index (χ1) is 10.2. The fourth-order valence-electron chi connectivity index (χ4n) is 2.42. The Balaban J connectivity index is 2.20. The lowest BCUT2D eigenvalue weighted by Gasteiger charge is -2.37. The van der Waals surface area contributed by atoms with E-state index in [9.17, 15) is 4.79 Å². The fourth-order valence-corrected chi connectivity index (χ4v) is 2.61. The molecule has 0 atom stereocenters. The first-order valence-corrected chi connectivity index (χ1v) is 7.86. The Morgan fingerprint density at radius 2 is 2.33 bits per heavy atom. The second-order valence-electron chi connectivity index (χ2n) is 5.24. The Labute approximate surface area is 130 Å². The van der Waals surface area contributed by atoms with E-state index in [1.165, 1.54) is 6.20 Å². The molecule has 1 aliphatic carbocycles. The number of halogens is 1. The topological polar surface area (TPSA) is 65.5 Å². The molecular formula is C15H22ClN3O2. The van der Waals surface area contributed by atoms with Gasteiger partial charge in [-0.1, -0.05) is 11.6 Å². The molecule has 2 rings (SSSR count). The van der Waals surface area contributed by atoms with E-state index in [0.717, 1.165) is 25.8 Å². The van der Waals surface area contributed by atoms with Crippen molar-refractivity contribution in [2.75, 3.05) is 25.0 Å². The van der Waals surface area contributed by atoms with E-state index >= 15 is 0 Å². The van der Waals surface area contributed by atoms with Crippen molar-refractivity contribution >= 4 is 23.3 Å².